The summed E-state index contributed by atoms with van der Waals surface area (Å²) in [6.07, 6.45) is 2.42. The molecule has 3 aliphatic rings. The van der Waals surface area contributed by atoms with Crippen molar-refractivity contribution in [2.75, 3.05) is 19.6 Å². The minimum absolute atomic E-state index is 0.0855. The Balaban J connectivity index is 1.65. The molecule has 0 aromatic heterocycles. The number of ether oxygens (including phenoxy) is 1. The lowest BCUT2D eigenvalue weighted by atomic mass is 9.85. The van der Waals surface area contributed by atoms with Crippen LogP contribution in [0, 0.1) is 5.92 Å². The van der Waals surface area contributed by atoms with E-state index in [2.05, 4.69) is 25.7 Å². The number of carbonyl (C=O) groups is 1. The van der Waals surface area contributed by atoms with E-state index >= 15 is 0 Å². The third kappa shape index (κ3) is 3.13. The fraction of sp³-hybridized carbons (Fsp3) is 0.611. The molecule has 21 heavy (non-hydrogen) atoms. The number of rotatable bonds is 2. The number of benzene rings is 1. The largest absolute Gasteiger partial charge is 0.457 e. The normalized spacial score (nSPS) is 28.4. The van der Waals surface area contributed by atoms with Crippen LogP contribution in [-0.2, 0) is 10.2 Å². The van der Waals surface area contributed by atoms with Crippen LogP contribution in [0.2, 0.25) is 0 Å². The van der Waals surface area contributed by atoms with Gasteiger partial charge < -0.3 is 4.74 Å². The van der Waals surface area contributed by atoms with E-state index in [4.69, 9.17) is 4.74 Å². The Bertz CT molecular complexity index is 507. The second-order valence-corrected chi connectivity index (χ2v) is 7.41. The molecule has 114 valence electrons. The Morgan fingerprint density at radius 1 is 1.14 bits per heavy atom. The highest BCUT2D eigenvalue weighted by Gasteiger charge is 2.36. The number of piperidine rings is 3. The highest BCUT2D eigenvalue weighted by atomic mass is 16.5. The van der Waals surface area contributed by atoms with Crippen molar-refractivity contribution in [3.8, 4) is 0 Å². The minimum atomic E-state index is -0.172. The predicted octanol–water partition coefficient (Wildman–Crippen LogP) is 3.24. The van der Waals surface area contributed by atoms with E-state index in [-0.39, 0.29) is 17.5 Å². The van der Waals surface area contributed by atoms with E-state index in [1.54, 1.807) is 0 Å². The van der Waals surface area contributed by atoms with Crippen molar-refractivity contribution in [3.63, 3.8) is 0 Å². The highest BCUT2D eigenvalue weighted by Crippen LogP contribution is 2.30. The van der Waals surface area contributed by atoms with E-state index in [1.807, 2.05) is 24.3 Å². The fourth-order valence-corrected chi connectivity index (χ4v) is 3.36. The van der Waals surface area contributed by atoms with Crippen LogP contribution >= 0.6 is 0 Å². The lowest BCUT2D eigenvalue weighted by Gasteiger charge is -2.43. The van der Waals surface area contributed by atoms with Gasteiger partial charge >= 0.3 is 5.97 Å². The van der Waals surface area contributed by atoms with Gasteiger partial charge in [0, 0.05) is 6.54 Å². The molecule has 4 rings (SSSR count). The highest BCUT2D eigenvalue weighted by molar-refractivity contribution is 5.89. The maximum absolute atomic E-state index is 12.3. The van der Waals surface area contributed by atoms with Crippen molar-refractivity contribution in [3.05, 3.63) is 35.4 Å². The third-order valence-electron chi connectivity index (χ3n) is 4.84. The first-order chi connectivity index (χ1) is 9.93. The van der Waals surface area contributed by atoms with Crippen LogP contribution in [0.15, 0.2) is 24.3 Å². The van der Waals surface area contributed by atoms with Gasteiger partial charge in [0.05, 0.1) is 5.56 Å². The van der Waals surface area contributed by atoms with Gasteiger partial charge in [-0.1, -0.05) is 32.9 Å². The first-order valence-electron chi connectivity index (χ1n) is 7.97. The zero-order valence-corrected chi connectivity index (χ0v) is 13.3. The molecule has 1 atom stereocenters. The van der Waals surface area contributed by atoms with E-state index < -0.39 is 0 Å². The van der Waals surface area contributed by atoms with Crippen molar-refractivity contribution in [2.24, 2.45) is 5.92 Å². The summed E-state index contributed by atoms with van der Waals surface area (Å²) < 4.78 is 5.76. The second-order valence-electron chi connectivity index (χ2n) is 7.41. The molecule has 3 heteroatoms. The number of hydrogen-bond acceptors (Lipinski definition) is 3. The zero-order valence-electron chi connectivity index (χ0n) is 13.3. The molecule has 1 aromatic carbocycles. The van der Waals surface area contributed by atoms with Crippen molar-refractivity contribution in [1.29, 1.82) is 0 Å². The molecule has 0 spiro atoms. The van der Waals surface area contributed by atoms with Gasteiger partial charge in [-0.15, -0.1) is 0 Å². The van der Waals surface area contributed by atoms with Crippen molar-refractivity contribution < 1.29 is 9.53 Å². The molecule has 3 nitrogen and oxygen atoms in total. The van der Waals surface area contributed by atoms with Crippen LogP contribution in [0.25, 0.3) is 0 Å². The third-order valence-corrected chi connectivity index (χ3v) is 4.84. The summed E-state index contributed by atoms with van der Waals surface area (Å²) in [6, 6.07) is 7.86. The molecule has 2 bridgehead atoms. The van der Waals surface area contributed by atoms with E-state index in [0.717, 1.165) is 6.54 Å². The second kappa shape index (κ2) is 5.45. The Morgan fingerprint density at radius 2 is 1.76 bits per heavy atom. The van der Waals surface area contributed by atoms with Gasteiger partial charge in [-0.05, 0) is 55.0 Å². The number of hydrogen-bond donors (Lipinski definition) is 0. The van der Waals surface area contributed by atoms with E-state index in [9.17, 15) is 4.79 Å². The van der Waals surface area contributed by atoms with Gasteiger partial charge in [-0.3, -0.25) is 4.90 Å². The van der Waals surface area contributed by atoms with Crippen LogP contribution in [0.3, 0.4) is 0 Å². The molecule has 0 amide bonds. The van der Waals surface area contributed by atoms with Gasteiger partial charge in [-0.2, -0.15) is 0 Å². The summed E-state index contributed by atoms with van der Waals surface area (Å²) in [5, 5.41) is 0. The molecule has 0 N–H and O–H groups in total. The topological polar surface area (TPSA) is 29.5 Å². The minimum Gasteiger partial charge on any atom is -0.457 e. The molecular formula is C18H25NO2. The van der Waals surface area contributed by atoms with E-state index in [1.165, 1.54) is 31.5 Å². The summed E-state index contributed by atoms with van der Waals surface area (Å²) in [5.41, 5.74) is 2.01. The van der Waals surface area contributed by atoms with Crippen LogP contribution in [0.5, 0.6) is 0 Å². The maximum Gasteiger partial charge on any atom is 0.338 e. The van der Waals surface area contributed by atoms with Gasteiger partial charge in [0.15, 0.2) is 0 Å². The summed E-state index contributed by atoms with van der Waals surface area (Å²) in [7, 11) is 0. The number of carbonyl (C=O) groups excluding carboxylic acids is 1. The number of nitrogens with zero attached hydrogens (tertiary/aromatic N) is 1. The molecular weight excluding hydrogens is 262 g/mol. The first kappa shape index (κ1) is 14.6. The SMILES string of the molecule is CC(C)(C)c1ccc(C(=O)OC2CN3CCC2CC3)cc1. The Morgan fingerprint density at radius 3 is 2.24 bits per heavy atom. The van der Waals surface area contributed by atoms with Gasteiger partial charge in [0.2, 0.25) is 0 Å². The van der Waals surface area contributed by atoms with Gasteiger partial charge in [-0.25, -0.2) is 4.79 Å². The van der Waals surface area contributed by atoms with Crippen LogP contribution in [0.4, 0.5) is 0 Å². The quantitative estimate of drug-likeness (QED) is 0.782. The van der Waals surface area contributed by atoms with Crippen molar-refractivity contribution in [2.45, 2.75) is 45.1 Å². The standard InChI is InChI=1S/C18H25NO2/c1-18(2,3)15-6-4-14(5-7-15)17(20)21-16-12-19-10-8-13(16)9-11-19/h4-7,13,16H,8-12H2,1-3H3. The molecule has 0 radical (unpaired) electrons. The molecule has 1 aromatic rings. The average Bonchev–Trinajstić information content (AvgIpc) is 2.48. The average molecular weight is 287 g/mol. The van der Waals surface area contributed by atoms with Crippen molar-refractivity contribution >= 4 is 5.97 Å². The monoisotopic (exact) mass is 287 g/mol. The molecule has 3 aliphatic heterocycles. The Kier molecular flexibility index (Phi) is 3.78. The summed E-state index contributed by atoms with van der Waals surface area (Å²) in [5.74, 6) is 0.391. The molecule has 3 saturated heterocycles. The van der Waals surface area contributed by atoms with Crippen LogP contribution in [0.1, 0.15) is 49.5 Å². The molecule has 3 heterocycles. The predicted molar refractivity (Wildman–Crippen MR) is 83.5 cm³/mol. The Hall–Kier alpha value is -1.35. The molecule has 0 saturated carbocycles. The zero-order chi connectivity index (χ0) is 15.0. The van der Waals surface area contributed by atoms with E-state index in [0.29, 0.717) is 11.5 Å². The van der Waals surface area contributed by atoms with Gasteiger partial charge in [0.25, 0.3) is 0 Å². The first-order valence-corrected chi connectivity index (χ1v) is 7.97. The lowest BCUT2D eigenvalue weighted by Crippen LogP contribution is -2.51. The van der Waals surface area contributed by atoms with Crippen LogP contribution < -0.4 is 0 Å². The smallest absolute Gasteiger partial charge is 0.338 e. The summed E-state index contributed by atoms with van der Waals surface area (Å²) in [4.78, 5) is 14.7. The fourth-order valence-electron chi connectivity index (χ4n) is 3.36. The van der Waals surface area contributed by atoms with Crippen molar-refractivity contribution in [1.82, 2.24) is 4.90 Å². The molecule has 0 aliphatic carbocycles. The molecule has 1 unspecified atom stereocenters. The molecule has 3 fully saturated rings. The summed E-state index contributed by atoms with van der Waals surface area (Å²) >= 11 is 0. The number of fused-ring (bicyclic) bond motifs is 3. The maximum atomic E-state index is 12.3. The van der Waals surface area contributed by atoms with Gasteiger partial charge in [0.1, 0.15) is 6.10 Å². The Labute approximate surface area is 127 Å². The summed E-state index contributed by atoms with van der Waals surface area (Å²) in [6.45, 7) is 9.77. The number of esters is 1. The lowest BCUT2D eigenvalue weighted by molar-refractivity contribution is -0.0455. The van der Waals surface area contributed by atoms with Crippen LogP contribution in [-0.4, -0.2) is 36.6 Å².